The van der Waals surface area contributed by atoms with Gasteiger partial charge in [-0.1, -0.05) is 0 Å². The smallest absolute Gasteiger partial charge is 0.151 e. The van der Waals surface area contributed by atoms with Crippen LogP contribution in [-0.4, -0.2) is 61.1 Å². The number of rotatable bonds is 7. The molecule has 3 N–H and O–H groups in total. The first-order valence-electron chi connectivity index (χ1n) is 9.43. The summed E-state index contributed by atoms with van der Waals surface area (Å²) in [6, 6.07) is 7.55. The van der Waals surface area contributed by atoms with Gasteiger partial charge in [-0.05, 0) is 32.0 Å². The van der Waals surface area contributed by atoms with Crippen molar-refractivity contribution in [3.63, 3.8) is 0 Å². The van der Waals surface area contributed by atoms with Crippen molar-refractivity contribution in [2.75, 3.05) is 44.1 Å². The number of morpholine rings is 1. The van der Waals surface area contributed by atoms with Crippen LogP contribution in [0.4, 0.5) is 11.5 Å². The van der Waals surface area contributed by atoms with E-state index in [0.717, 1.165) is 12.4 Å². The van der Waals surface area contributed by atoms with Crippen molar-refractivity contribution in [2.45, 2.75) is 26.0 Å². The molecule has 152 valence electrons. The predicted octanol–water partition coefficient (Wildman–Crippen LogP) is 2.06. The molecule has 0 amide bonds. The third-order valence-corrected chi connectivity index (χ3v) is 4.82. The zero-order valence-electron chi connectivity index (χ0n) is 16.9. The van der Waals surface area contributed by atoms with Crippen LogP contribution in [0.3, 0.4) is 0 Å². The summed E-state index contributed by atoms with van der Waals surface area (Å²) >= 11 is 0. The van der Waals surface area contributed by atoms with Gasteiger partial charge in [0.05, 0.1) is 37.3 Å². The van der Waals surface area contributed by atoms with Crippen LogP contribution < -0.4 is 15.4 Å². The predicted molar refractivity (Wildman–Crippen MR) is 110 cm³/mol. The van der Waals surface area contributed by atoms with Gasteiger partial charge in [0.1, 0.15) is 11.9 Å². The fraction of sp³-hybridized carbons (Fsp3) is 0.500. The van der Waals surface area contributed by atoms with E-state index in [1.54, 1.807) is 23.9 Å². The number of ether oxygens (including phenoxy) is 3. The molecular formula is C20H29N5O3. The van der Waals surface area contributed by atoms with E-state index in [4.69, 9.17) is 25.4 Å². The van der Waals surface area contributed by atoms with Crippen LogP contribution in [0, 0.1) is 5.41 Å². The van der Waals surface area contributed by atoms with E-state index >= 15 is 0 Å². The minimum absolute atomic E-state index is 0.0956. The third kappa shape index (κ3) is 4.28. The number of aryl methyl sites for hydroxylation is 1. The Bertz CT molecular complexity index is 835. The Morgan fingerprint density at radius 2 is 2.21 bits per heavy atom. The molecule has 8 nitrogen and oxygen atoms in total. The average molecular weight is 387 g/mol. The Labute approximate surface area is 165 Å². The number of nitrogens with one attached hydrogen (secondary N) is 1. The number of methoxy groups -OCH3 is 1. The van der Waals surface area contributed by atoms with E-state index in [9.17, 15) is 0 Å². The second-order valence-corrected chi connectivity index (χ2v) is 7.14. The molecule has 2 atom stereocenters. The largest absolute Gasteiger partial charge is 0.488 e. The first-order valence-corrected chi connectivity index (χ1v) is 9.43. The van der Waals surface area contributed by atoms with E-state index in [2.05, 4.69) is 16.9 Å². The molecule has 0 saturated carbocycles. The molecule has 28 heavy (non-hydrogen) atoms. The lowest BCUT2D eigenvalue weighted by Gasteiger charge is -2.33. The van der Waals surface area contributed by atoms with Crippen LogP contribution >= 0.6 is 0 Å². The topological polar surface area (TPSA) is 98.6 Å². The summed E-state index contributed by atoms with van der Waals surface area (Å²) in [5.41, 5.74) is 8.31. The second-order valence-electron chi connectivity index (χ2n) is 7.14. The van der Waals surface area contributed by atoms with Gasteiger partial charge in [0.15, 0.2) is 5.82 Å². The van der Waals surface area contributed by atoms with Gasteiger partial charge in [0.25, 0.3) is 0 Å². The van der Waals surface area contributed by atoms with Gasteiger partial charge in [-0.2, -0.15) is 5.10 Å². The summed E-state index contributed by atoms with van der Waals surface area (Å²) in [5.74, 6) is 1.50. The van der Waals surface area contributed by atoms with Gasteiger partial charge in [-0.25, -0.2) is 0 Å². The summed E-state index contributed by atoms with van der Waals surface area (Å²) in [6.45, 7) is 6.67. The lowest BCUT2D eigenvalue weighted by Crippen LogP contribution is -2.43. The summed E-state index contributed by atoms with van der Waals surface area (Å²) in [5, 5.41) is 13.3. The molecule has 1 aliphatic heterocycles. The molecule has 8 heteroatoms. The highest BCUT2D eigenvalue weighted by Gasteiger charge is 2.23. The maximum Gasteiger partial charge on any atom is 0.151 e. The minimum Gasteiger partial charge on any atom is -0.488 e. The van der Waals surface area contributed by atoms with Crippen LogP contribution in [0.1, 0.15) is 25.1 Å². The fourth-order valence-electron chi connectivity index (χ4n) is 3.36. The first kappa shape index (κ1) is 20.2. The molecule has 1 saturated heterocycles. The van der Waals surface area contributed by atoms with Crippen molar-refractivity contribution in [1.29, 1.82) is 5.41 Å². The SMILES string of the molecule is COC[C@H](C)Oc1ccc(N)c(C(=N)c2cc(N3CCOC[C@H]3C)nn2C)c1. The molecule has 2 heterocycles. The summed E-state index contributed by atoms with van der Waals surface area (Å²) in [4.78, 5) is 2.20. The molecular weight excluding hydrogens is 358 g/mol. The molecule has 0 radical (unpaired) electrons. The molecule has 2 aromatic rings. The lowest BCUT2D eigenvalue weighted by molar-refractivity contribution is 0.0921. The average Bonchev–Trinajstić information content (AvgIpc) is 3.05. The number of nitrogens with zero attached hydrogens (tertiary/aromatic N) is 3. The number of hydrogen-bond donors (Lipinski definition) is 2. The number of anilines is 2. The highest BCUT2D eigenvalue weighted by molar-refractivity contribution is 6.13. The Morgan fingerprint density at radius 1 is 1.43 bits per heavy atom. The van der Waals surface area contributed by atoms with Gasteiger partial charge < -0.3 is 24.8 Å². The van der Waals surface area contributed by atoms with E-state index < -0.39 is 0 Å². The normalized spacial score (nSPS) is 18.1. The van der Waals surface area contributed by atoms with Gasteiger partial charge >= 0.3 is 0 Å². The fourth-order valence-corrected chi connectivity index (χ4v) is 3.36. The number of hydrogen-bond acceptors (Lipinski definition) is 7. The molecule has 1 aromatic carbocycles. The number of aromatic nitrogens is 2. The summed E-state index contributed by atoms with van der Waals surface area (Å²) in [7, 11) is 3.48. The summed E-state index contributed by atoms with van der Waals surface area (Å²) in [6.07, 6.45) is -0.0956. The van der Waals surface area contributed by atoms with Crippen molar-refractivity contribution in [3.05, 3.63) is 35.5 Å². The van der Waals surface area contributed by atoms with Crippen molar-refractivity contribution in [2.24, 2.45) is 7.05 Å². The van der Waals surface area contributed by atoms with E-state index in [0.29, 0.717) is 48.2 Å². The van der Waals surface area contributed by atoms with Gasteiger partial charge in [-0.3, -0.25) is 10.1 Å². The van der Waals surface area contributed by atoms with Crippen molar-refractivity contribution >= 4 is 17.2 Å². The maximum absolute atomic E-state index is 8.73. The zero-order chi connectivity index (χ0) is 20.3. The Balaban J connectivity index is 1.85. The van der Waals surface area contributed by atoms with Gasteiger partial charge in [-0.15, -0.1) is 0 Å². The third-order valence-electron chi connectivity index (χ3n) is 4.82. The monoisotopic (exact) mass is 387 g/mol. The molecule has 1 aromatic heterocycles. The molecule has 0 unspecified atom stereocenters. The second kappa shape index (κ2) is 8.62. The summed E-state index contributed by atoms with van der Waals surface area (Å²) < 4.78 is 18.2. The quantitative estimate of drug-likeness (QED) is 0.557. The minimum atomic E-state index is -0.0956. The standard InChI is InChI=1S/C20H29N5O3/c1-13-11-27-8-7-25(13)19-10-18(24(3)23-19)20(22)16-9-15(5-6-17(16)21)28-14(2)12-26-4/h5-6,9-10,13-14,22H,7-8,11-12,21H2,1-4H3/t13-,14+/m1/s1. The van der Waals surface area contributed by atoms with E-state index in [1.807, 2.05) is 26.1 Å². The van der Waals surface area contributed by atoms with Crippen LogP contribution in [0.2, 0.25) is 0 Å². The number of nitrogens with two attached hydrogens (primary N) is 1. The van der Waals surface area contributed by atoms with Crippen LogP contribution in [-0.2, 0) is 16.5 Å². The highest BCUT2D eigenvalue weighted by Crippen LogP contribution is 2.26. The van der Waals surface area contributed by atoms with Crippen molar-refractivity contribution < 1.29 is 14.2 Å². The molecule has 0 bridgehead atoms. The highest BCUT2D eigenvalue weighted by atomic mass is 16.5. The Hall–Kier alpha value is -2.58. The molecule has 0 spiro atoms. The van der Waals surface area contributed by atoms with Gasteiger partial charge in [0.2, 0.25) is 0 Å². The van der Waals surface area contributed by atoms with E-state index in [1.165, 1.54) is 0 Å². The van der Waals surface area contributed by atoms with E-state index in [-0.39, 0.29) is 12.1 Å². The van der Waals surface area contributed by atoms with Crippen LogP contribution in [0.15, 0.2) is 24.3 Å². The van der Waals surface area contributed by atoms with Gasteiger partial charge in [0, 0.05) is 38.0 Å². The van der Waals surface area contributed by atoms with Crippen molar-refractivity contribution in [3.8, 4) is 5.75 Å². The molecule has 1 fully saturated rings. The molecule has 3 rings (SSSR count). The lowest BCUT2D eigenvalue weighted by atomic mass is 10.0. The zero-order valence-corrected chi connectivity index (χ0v) is 16.9. The maximum atomic E-state index is 8.73. The first-order chi connectivity index (χ1) is 13.4. The Kier molecular flexibility index (Phi) is 6.21. The van der Waals surface area contributed by atoms with Crippen molar-refractivity contribution in [1.82, 2.24) is 9.78 Å². The van der Waals surface area contributed by atoms with Crippen LogP contribution in [0.5, 0.6) is 5.75 Å². The number of benzene rings is 1. The molecule has 1 aliphatic rings. The Morgan fingerprint density at radius 3 is 2.93 bits per heavy atom. The number of nitrogen functional groups attached to an aromatic ring is 1. The van der Waals surface area contributed by atoms with Crippen LogP contribution in [0.25, 0.3) is 0 Å². The molecule has 0 aliphatic carbocycles.